The normalized spacial score (nSPS) is 24.5. The standard InChI is InChI=1S/C18H24N2O2/c1-14(2)16-8-10-18(13-19,11-9-16)20-17(21)22-12-15-6-4-3-5-7-15/h3-7,14,16H,8-12H2,1-2H3,(H,20,21). The summed E-state index contributed by atoms with van der Waals surface area (Å²) in [6, 6.07) is 11.8. The van der Waals surface area contributed by atoms with Crippen LogP contribution in [0.25, 0.3) is 0 Å². The highest BCUT2D eigenvalue weighted by molar-refractivity contribution is 5.69. The summed E-state index contributed by atoms with van der Waals surface area (Å²) in [4.78, 5) is 12.0. The van der Waals surface area contributed by atoms with E-state index >= 15 is 0 Å². The van der Waals surface area contributed by atoms with Gasteiger partial charge in [-0.1, -0.05) is 44.2 Å². The number of rotatable bonds is 4. The monoisotopic (exact) mass is 300 g/mol. The van der Waals surface area contributed by atoms with Crippen molar-refractivity contribution >= 4 is 6.09 Å². The van der Waals surface area contributed by atoms with Gasteiger partial charge in [-0.3, -0.25) is 0 Å². The first-order valence-electron chi connectivity index (χ1n) is 7.95. The van der Waals surface area contributed by atoms with Gasteiger partial charge in [-0.2, -0.15) is 5.26 Å². The Hall–Kier alpha value is -2.02. The summed E-state index contributed by atoms with van der Waals surface area (Å²) in [7, 11) is 0. The minimum absolute atomic E-state index is 0.225. The van der Waals surface area contributed by atoms with Gasteiger partial charge in [0.05, 0.1) is 6.07 Å². The van der Waals surface area contributed by atoms with Crippen LogP contribution in [0.2, 0.25) is 0 Å². The maximum absolute atomic E-state index is 12.0. The molecule has 1 aliphatic rings. The molecule has 0 spiro atoms. The van der Waals surface area contributed by atoms with Crippen LogP contribution in [0.4, 0.5) is 4.79 Å². The Bertz CT molecular complexity index is 526. The van der Waals surface area contributed by atoms with E-state index in [9.17, 15) is 10.1 Å². The minimum Gasteiger partial charge on any atom is -0.445 e. The molecule has 1 N–H and O–H groups in total. The van der Waals surface area contributed by atoms with Gasteiger partial charge in [-0.05, 0) is 43.1 Å². The number of nitrogens with one attached hydrogen (secondary N) is 1. The summed E-state index contributed by atoms with van der Waals surface area (Å²) in [5.74, 6) is 1.27. The Labute approximate surface area is 132 Å². The molecular formula is C18H24N2O2. The Morgan fingerprint density at radius 1 is 1.36 bits per heavy atom. The van der Waals surface area contributed by atoms with E-state index in [0.717, 1.165) is 18.4 Å². The SMILES string of the molecule is CC(C)C1CCC(C#N)(NC(=O)OCc2ccccc2)CC1. The molecule has 22 heavy (non-hydrogen) atoms. The molecule has 4 nitrogen and oxygen atoms in total. The lowest BCUT2D eigenvalue weighted by atomic mass is 9.73. The van der Waals surface area contributed by atoms with Gasteiger partial charge in [0.1, 0.15) is 12.1 Å². The van der Waals surface area contributed by atoms with Crippen LogP contribution in [0, 0.1) is 23.2 Å². The zero-order valence-corrected chi connectivity index (χ0v) is 13.3. The van der Waals surface area contributed by atoms with Gasteiger partial charge in [-0.25, -0.2) is 4.79 Å². The van der Waals surface area contributed by atoms with Crippen molar-refractivity contribution in [1.29, 1.82) is 5.26 Å². The van der Waals surface area contributed by atoms with Crippen LogP contribution in [-0.2, 0) is 11.3 Å². The second-order valence-electron chi connectivity index (χ2n) is 6.46. The molecule has 0 atom stereocenters. The van der Waals surface area contributed by atoms with E-state index in [1.54, 1.807) is 0 Å². The van der Waals surface area contributed by atoms with Crippen LogP contribution in [0.3, 0.4) is 0 Å². The number of carbonyl (C=O) groups is 1. The largest absolute Gasteiger partial charge is 0.445 e. The molecule has 1 amide bonds. The van der Waals surface area contributed by atoms with E-state index in [2.05, 4.69) is 25.2 Å². The van der Waals surface area contributed by atoms with Crippen LogP contribution in [0.5, 0.6) is 0 Å². The molecule has 0 heterocycles. The van der Waals surface area contributed by atoms with E-state index in [1.807, 2.05) is 30.3 Å². The van der Waals surface area contributed by atoms with E-state index in [-0.39, 0.29) is 6.61 Å². The van der Waals surface area contributed by atoms with Crippen molar-refractivity contribution < 1.29 is 9.53 Å². The predicted octanol–water partition coefficient (Wildman–Crippen LogP) is 4.02. The molecule has 0 aliphatic heterocycles. The lowest BCUT2D eigenvalue weighted by Crippen LogP contribution is -2.50. The zero-order chi connectivity index (χ0) is 16.0. The van der Waals surface area contributed by atoms with Crippen molar-refractivity contribution in [2.75, 3.05) is 0 Å². The van der Waals surface area contributed by atoms with Crippen molar-refractivity contribution in [3.05, 3.63) is 35.9 Å². The fraction of sp³-hybridized carbons (Fsp3) is 0.556. The molecule has 118 valence electrons. The lowest BCUT2D eigenvalue weighted by Gasteiger charge is -2.36. The molecule has 1 aromatic carbocycles. The number of ether oxygens (including phenoxy) is 1. The van der Waals surface area contributed by atoms with Crippen LogP contribution in [0.1, 0.15) is 45.1 Å². The Morgan fingerprint density at radius 3 is 2.55 bits per heavy atom. The Morgan fingerprint density at radius 2 is 2.00 bits per heavy atom. The summed E-state index contributed by atoms with van der Waals surface area (Å²) in [5.41, 5.74) is 0.172. The third kappa shape index (κ3) is 4.24. The van der Waals surface area contributed by atoms with Gasteiger partial charge >= 0.3 is 6.09 Å². The van der Waals surface area contributed by atoms with Gasteiger partial charge in [-0.15, -0.1) is 0 Å². The quantitative estimate of drug-likeness (QED) is 0.913. The highest BCUT2D eigenvalue weighted by Gasteiger charge is 2.38. The fourth-order valence-corrected chi connectivity index (χ4v) is 3.02. The summed E-state index contributed by atoms with van der Waals surface area (Å²) in [6.45, 7) is 4.65. The number of carbonyl (C=O) groups excluding carboxylic acids is 1. The molecule has 0 saturated heterocycles. The number of nitrogens with zero attached hydrogens (tertiary/aromatic N) is 1. The summed E-state index contributed by atoms with van der Waals surface area (Å²) in [6.07, 6.45) is 2.85. The summed E-state index contributed by atoms with van der Waals surface area (Å²) < 4.78 is 5.23. The van der Waals surface area contributed by atoms with Gasteiger partial charge < -0.3 is 10.1 Å². The number of alkyl carbamates (subject to hydrolysis) is 1. The van der Waals surface area contributed by atoms with Crippen LogP contribution >= 0.6 is 0 Å². The van der Waals surface area contributed by atoms with Gasteiger partial charge in [0.25, 0.3) is 0 Å². The number of benzene rings is 1. The molecule has 2 rings (SSSR count). The number of hydrogen-bond donors (Lipinski definition) is 1. The van der Waals surface area contributed by atoms with Crippen LogP contribution in [-0.4, -0.2) is 11.6 Å². The number of nitriles is 1. The molecule has 4 heteroatoms. The number of hydrogen-bond acceptors (Lipinski definition) is 3. The van der Waals surface area contributed by atoms with Crippen molar-refractivity contribution in [2.24, 2.45) is 11.8 Å². The maximum Gasteiger partial charge on any atom is 0.408 e. The second-order valence-corrected chi connectivity index (χ2v) is 6.46. The Kier molecular flexibility index (Phi) is 5.43. The molecule has 1 saturated carbocycles. The van der Waals surface area contributed by atoms with Gasteiger partial charge in [0.15, 0.2) is 0 Å². The maximum atomic E-state index is 12.0. The molecule has 1 fully saturated rings. The summed E-state index contributed by atoms with van der Waals surface area (Å²) in [5, 5.41) is 12.3. The second kappa shape index (κ2) is 7.31. The topological polar surface area (TPSA) is 62.1 Å². The lowest BCUT2D eigenvalue weighted by molar-refractivity contribution is 0.120. The smallest absolute Gasteiger partial charge is 0.408 e. The molecule has 0 radical (unpaired) electrons. The third-order valence-electron chi connectivity index (χ3n) is 4.59. The summed E-state index contributed by atoms with van der Waals surface area (Å²) >= 11 is 0. The average molecular weight is 300 g/mol. The highest BCUT2D eigenvalue weighted by Crippen LogP contribution is 2.35. The van der Waals surface area contributed by atoms with Crippen molar-refractivity contribution in [3.8, 4) is 6.07 Å². The van der Waals surface area contributed by atoms with Gasteiger partial charge in [0, 0.05) is 0 Å². The zero-order valence-electron chi connectivity index (χ0n) is 13.3. The van der Waals surface area contributed by atoms with Crippen LogP contribution < -0.4 is 5.32 Å². The van der Waals surface area contributed by atoms with E-state index in [0.29, 0.717) is 24.7 Å². The first kappa shape index (κ1) is 16.4. The third-order valence-corrected chi connectivity index (χ3v) is 4.59. The Balaban J connectivity index is 1.85. The molecule has 1 aliphatic carbocycles. The molecule has 0 aromatic heterocycles. The molecule has 1 aromatic rings. The van der Waals surface area contributed by atoms with E-state index < -0.39 is 11.6 Å². The first-order chi connectivity index (χ1) is 10.5. The molecule has 0 unspecified atom stereocenters. The minimum atomic E-state index is -0.765. The average Bonchev–Trinajstić information content (AvgIpc) is 2.54. The predicted molar refractivity (Wildman–Crippen MR) is 84.9 cm³/mol. The highest BCUT2D eigenvalue weighted by atomic mass is 16.5. The van der Waals surface area contributed by atoms with Crippen molar-refractivity contribution in [1.82, 2.24) is 5.32 Å². The first-order valence-corrected chi connectivity index (χ1v) is 7.95. The van der Waals surface area contributed by atoms with Crippen LogP contribution in [0.15, 0.2) is 30.3 Å². The number of amides is 1. The van der Waals surface area contributed by atoms with Crippen molar-refractivity contribution in [2.45, 2.75) is 51.7 Å². The van der Waals surface area contributed by atoms with Gasteiger partial charge in [0.2, 0.25) is 0 Å². The fourth-order valence-electron chi connectivity index (χ4n) is 3.02. The van der Waals surface area contributed by atoms with Crippen molar-refractivity contribution in [3.63, 3.8) is 0 Å². The molecular weight excluding hydrogens is 276 g/mol. The van der Waals surface area contributed by atoms with E-state index in [4.69, 9.17) is 4.74 Å². The molecule has 0 bridgehead atoms. The van der Waals surface area contributed by atoms with E-state index in [1.165, 1.54) is 0 Å².